The Morgan fingerprint density at radius 3 is 2.88 bits per heavy atom. The minimum absolute atomic E-state index is 0.0809. The Morgan fingerprint density at radius 1 is 1.31 bits per heavy atom. The van der Waals surface area contributed by atoms with Gasteiger partial charge in [-0.2, -0.15) is 0 Å². The predicted molar refractivity (Wildman–Crippen MR) is 58.1 cm³/mol. The molecule has 0 aromatic rings. The van der Waals surface area contributed by atoms with Crippen molar-refractivity contribution in [2.45, 2.75) is 37.9 Å². The second kappa shape index (κ2) is 5.42. The molecule has 16 heavy (non-hydrogen) atoms. The molecule has 0 aromatic carbocycles. The summed E-state index contributed by atoms with van der Waals surface area (Å²) in [4.78, 5) is 2.25. The third-order valence-electron chi connectivity index (χ3n) is 3.47. The van der Waals surface area contributed by atoms with Gasteiger partial charge in [0.15, 0.2) is 6.29 Å². The van der Waals surface area contributed by atoms with Crippen LogP contribution in [0.15, 0.2) is 0 Å². The second-order valence-electron chi connectivity index (χ2n) is 4.45. The molecule has 2 fully saturated rings. The lowest BCUT2D eigenvalue weighted by Crippen LogP contribution is -2.57. The third-order valence-corrected chi connectivity index (χ3v) is 3.47. The molecule has 0 bridgehead atoms. The van der Waals surface area contributed by atoms with Crippen LogP contribution < -0.4 is 0 Å². The smallest absolute Gasteiger partial charge is 0.169 e. The topological polar surface area (TPSA) is 51.2 Å². The van der Waals surface area contributed by atoms with Crippen molar-refractivity contribution in [2.24, 2.45) is 0 Å². The number of nitrogens with zero attached hydrogens (tertiary/aromatic N) is 1. The zero-order valence-corrected chi connectivity index (χ0v) is 9.96. The average Bonchev–Trinajstić information content (AvgIpc) is 2.33. The maximum atomic E-state index is 10.1. The highest BCUT2D eigenvalue weighted by atomic mass is 16.7. The number of morpholine rings is 1. The number of hydrogen-bond acceptors (Lipinski definition) is 5. The van der Waals surface area contributed by atoms with Gasteiger partial charge in [-0.3, -0.25) is 4.90 Å². The van der Waals surface area contributed by atoms with Gasteiger partial charge in [0.1, 0.15) is 0 Å². The first-order valence-electron chi connectivity index (χ1n) is 5.90. The maximum Gasteiger partial charge on any atom is 0.169 e. The van der Waals surface area contributed by atoms with E-state index in [1.165, 1.54) is 0 Å². The van der Waals surface area contributed by atoms with Gasteiger partial charge in [0.2, 0.25) is 0 Å². The van der Waals surface area contributed by atoms with Crippen molar-refractivity contribution in [1.82, 2.24) is 4.90 Å². The van der Waals surface area contributed by atoms with Gasteiger partial charge in [0.25, 0.3) is 0 Å². The van der Waals surface area contributed by atoms with Gasteiger partial charge in [0, 0.05) is 32.8 Å². The molecule has 4 atom stereocenters. The molecule has 5 nitrogen and oxygen atoms in total. The Balaban J connectivity index is 1.94. The molecule has 0 saturated carbocycles. The van der Waals surface area contributed by atoms with Gasteiger partial charge in [-0.05, 0) is 13.3 Å². The van der Waals surface area contributed by atoms with Crippen LogP contribution in [0.4, 0.5) is 0 Å². The normalized spacial score (nSPS) is 42.2. The van der Waals surface area contributed by atoms with Crippen molar-refractivity contribution in [1.29, 1.82) is 0 Å². The summed E-state index contributed by atoms with van der Waals surface area (Å²) < 4.78 is 16.1. The summed E-state index contributed by atoms with van der Waals surface area (Å²) in [5, 5.41) is 10.1. The summed E-state index contributed by atoms with van der Waals surface area (Å²) in [6.45, 7) is 4.89. The van der Waals surface area contributed by atoms with E-state index < -0.39 is 6.10 Å². The fourth-order valence-corrected chi connectivity index (χ4v) is 2.44. The van der Waals surface area contributed by atoms with Crippen LogP contribution >= 0.6 is 0 Å². The Morgan fingerprint density at radius 2 is 2.12 bits per heavy atom. The van der Waals surface area contributed by atoms with E-state index in [1.54, 1.807) is 7.11 Å². The van der Waals surface area contributed by atoms with Gasteiger partial charge in [-0.25, -0.2) is 0 Å². The van der Waals surface area contributed by atoms with Crippen LogP contribution in [0, 0.1) is 0 Å². The molecule has 94 valence electrons. The molecule has 5 heteroatoms. The van der Waals surface area contributed by atoms with E-state index in [4.69, 9.17) is 14.2 Å². The van der Waals surface area contributed by atoms with Crippen molar-refractivity contribution >= 4 is 0 Å². The summed E-state index contributed by atoms with van der Waals surface area (Å²) in [6, 6.07) is 0.172. The molecule has 1 unspecified atom stereocenters. The fourth-order valence-electron chi connectivity index (χ4n) is 2.44. The molecular weight excluding hydrogens is 210 g/mol. The summed E-state index contributed by atoms with van der Waals surface area (Å²) in [6.07, 6.45) is 0.216. The minimum Gasteiger partial charge on any atom is -0.389 e. The molecule has 2 heterocycles. The van der Waals surface area contributed by atoms with Crippen molar-refractivity contribution in [3.63, 3.8) is 0 Å². The standard InChI is InChI=1S/C11H21NO4/c1-8-11(13)9(3-5-15-8)12-4-6-16-10(7-12)14-2/h8-11,13H,3-7H2,1-2H3/t8-,9?,10-,11+/m0/s1. The predicted octanol–water partition coefficient (Wildman–Crippen LogP) is -0.171. The molecular formula is C11H21NO4. The highest BCUT2D eigenvalue weighted by Crippen LogP contribution is 2.22. The largest absolute Gasteiger partial charge is 0.389 e. The van der Waals surface area contributed by atoms with E-state index in [2.05, 4.69) is 4.90 Å². The minimum atomic E-state index is -0.413. The Labute approximate surface area is 96.3 Å². The van der Waals surface area contributed by atoms with E-state index in [1.807, 2.05) is 6.92 Å². The van der Waals surface area contributed by atoms with Crippen molar-refractivity contribution < 1.29 is 19.3 Å². The van der Waals surface area contributed by atoms with Crippen LogP contribution in [0.5, 0.6) is 0 Å². The van der Waals surface area contributed by atoms with E-state index in [9.17, 15) is 5.11 Å². The Kier molecular flexibility index (Phi) is 4.16. The summed E-state index contributed by atoms with van der Waals surface area (Å²) in [7, 11) is 1.65. The van der Waals surface area contributed by atoms with E-state index in [-0.39, 0.29) is 18.4 Å². The summed E-state index contributed by atoms with van der Waals surface area (Å²) >= 11 is 0. The first kappa shape index (κ1) is 12.3. The number of rotatable bonds is 2. The number of methoxy groups -OCH3 is 1. The number of ether oxygens (including phenoxy) is 3. The van der Waals surface area contributed by atoms with Crippen LogP contribution in [0.2, 0.25) is 0 Å². The van der Waals surface area contributed by atoms with Crippen LogP contribution in [0.3, 0.4) is 0 Å². The second-order valence-corrected chi connectivity index (χ2v) is 4.45. The molecule has 0 aliphatic carbocycles. The number of hydrogen-bond donors (Lipinski definition) is 1. The lowest BCUT2D eigenvalue weighted by molar-refractivity contribution is -0.190. The molecule has 2 aliphatic rings. The maximum absolute atomic E-state index is 10.1. The number of aliphatic hydroxyl groups excluding tert-OH is 1. The highest BCUT2D eigenvalue weighted by molar-refractivity contribution is 4.87. The molecule has 2 saturated heterocycles. The molecule has 2 aliphatic heterocycles. The zero-order chi connectivity index (χ0) is 11.5. The van der Waals surface area contributed by atoms with Crippen LogP contribution in [-0.4, -0.2) is 68.0 Å². The molecule has 0 radical (unpaired) electrons. The van der Waals surface area contributed by atoms with Crippen molar-refractivity contribution in [3.05, 3.63) is 0 Å². The van der Waals surface area contributed by atoms with Gasteiger partial charge < -0.3 is 19.3 Å². The lowest BCUT2D eigenvalue weighted by Gasteiger charge is -2.43. The first-order valence-corrected chi connectivity index (χ1v) is 5.90. The van der Waals surface area contributed by atoms with E-state index >= 15 is 0 Å². The van der Waals surface area contributed by atoms with Gasteiger partial charge in [0.05, 0.1) is 18.8 Å². The summed E-state index contributed by atoms with van der Waals surface area (Å²) in [5.41, 5.74) is 0. The fraction of sp³-hybridized carbons (Fsp3) is 1.00. The van der Waals surface area contributed by atoms with Crippen LogP contribution in [-0.2, 0) is 14.2 Å². The SMILES string of the molecule is CO[C@@H]1CN(C2CCO[C@@H](C)[C@H]2O)CCO1. The molecule has 2 rings (SSSR count). The monoisotopic (exact) mass is 231 g/mol. The molecule has 0 amide bonds. The third kappa shape index (κ3) is 2.55. The first-order chi connectivity index (χ1) is 7.72. The zero-order valence-electron chi connectivity index (χ0n) is 9.96. The van der Waals surface area contributed by atoms with E-state index in [0.29, 0.717) is 6.61 Å². The van der Waals surface area contributed by atoms with E-state index in [0.717, 1.165) is 26.1 Å². The molecule has 0 spiro atoms. The average molecular weight is 231 g/mol. The van der Waals surface area contributed by atoms with Gasteiger partial charge >= 0.3 is 0 Å². The van der Waals surface area contributed by atoms with Gasteiger partial charge in [-0.1, -0.05) is 0 Å². The summed E-state index contributed by atoms with van der Waals surface area (Å²) in [5.74, 6) is 0. The number of aliphatic hydroxyl groups is 1. The van der Waals surface area contributed by atoms with Crippen molar-refractivity contribution in [2.75, 3.05) is 33.4 Å². The van der Waals surface area contributed by atoms with Crippen LogP contribution in [0.1, 0.15) is 13.3 Å². The molecule has 1 N–H and O–H groups in total. The highest BCUT2D eigenvalue weighted by Gasteiger charge is 2.36. The van der Waals surface area contributed by atoms with Crippen LogP contribution in [0.25, 0.3) is 0 Å². The van der Waals surface area contributed by atoms with Crippen molar-refractivity contribution in [3.8, 4) is 0 Å². The molecule has 0 aromatic heterocycles. The van der Waals surface area contributed by atoms with Gasteiger partial charge in [-0.15, -0.1) is 0 Å². The quantitative estimate of drug-likeness (QED) is 0.715. The lowest BCUT2D eigenvalue weighted by atomic mass is 9.98. The Hall–Kier alpha value is -0.200. The Bertz CT molecular complexity index is 226.